The zero-order valence-corrected chi connectivity index (χ0v) is 29.7. The molecule has 2 amide bonds. The van der Waals surface area contributed by atoms with Crippen molar-refractivity contribution in [3.8, 4) is 0 Å². The number of anilines is 1. The topological polar surface area (TPSA) is 120 Å². The van der Waals surface area contributed by atoms with Crippen molar-refractivity contribution < 1.29 is 23.5 Å². The van der Waals surface area contributed by atoms with Crippen molar-refractivity contribution in [2.75, 3.05) is 31.3 Å². The molecule has 3 aliphatic rings. The van der Waals surface area contributed by atoms with Gasteiger partial charge in [0.15, 0.2) is 0 Å². The van der Waals surface area contributed by atoms with Gasteiger partial charge in [-0.3, -0.25) is 4.79 Å². The lowest BCUT2D eigenvalue weighted by atomic mass is 9.64. The summed E-state index contributed by atoms with van der Waals surface area (Å²) in [6.45, 7) is 6.80. The Bertz CT molecular complexity index is 1490. The van der Waals surface area contributed by atoms with E-state index in [1.165, 1.54) is 6.07 Å². The van der Waals surface area contributed by atoms with E-state index in [-0.39, 0.29) is 24.3 Å². The van der Waals surface area contributed by atoms with E-state index in [9.17, 15) is 15.1 Å². The van der Waals surface area contributed by atoms with Gasteiger partial charge in [0.25, 0.3) is 0 Å². The molecule has 2 saturated heterocycles. The van der Waals surface area contributed by atoms with E-state index in [0.29, 0.717) is 61.3 Å². The number of carbonyl (C=O) groups is 2. The minimum absolute atomic E-state index is 0.0277. The number of carbonyl (C=O) groups excluding carboxylic acids is 2. The summed E-state index contributed by atoms with van der Waals surface area (Å²) in [4.78, 5) is 32.3. The van der Waals surface area contributed by atoms with Crippen molar-refractivity contribution in [2.24, 2.45) is 5.11 Å². The predicted octanol–water partition coefficient (Wildman–Crippen LogP) is 8.29. The molecule has 0 aromatic heterocycles. The number of rotatable bonds is 9. The molecule has 2 aromatic carbocycles. The van der Waals surface area contributed by atoms with Gasteiger partial charge in [-0.05, 0) is 107 Å². The highest BCUT2D eigenvalue weighted by Crippen LogP contribution is 2.45. The lowest BCUT2D eigenvalue weighted by molar-refractivity contribution is -0.119. The molecule has 4 atom stereocenters. The standard InChI is InChI=1S/C35H46ClFN6O4S/c1-34(2,3)47-33(45)42-21-26(43-22-25(42)7-6-20-48-43)14-15-28-29(37)8-5-9-30(28)39-32(44)31(40-41-38)35(18-16-27(46-4)17-19-35)23-10-12-24(36)13-11-23/h5,8-13,25-27,31H,6-7,14-22H2,1-4H3,(H,39,44). The van der Waals surface area contributed by atoms with Crippen LogP contribution in [0.15, 0.2) is 47.6 Å². The fraction of sp³-hybridized carbons (Fsp3) is 0.600. The molecule has 260 valence electrons. The van der Waals surface area contributed by atoms with Crippen molar-refractivity contribution in [3.63, 3.8) is 0 Å². The molecular weight excluding hydrogens is 655 g/mol. The highest BCUT2D eigenvalue weighted by atomic mass is 35.5. The Hall–Kier alpha value is -3.02. The van der Waals surface area contributed by atoms with Crippen LogP contribution in [0.1, 0.15) is 76.8 Å². The van der Waals surface area contributed by atoms with Crippen LogP contribution in [0, 0.1) is 5.82 Å². The van der Waals surface area contributed by atoms with E-state index in [4.69, 9.17) is 21.1 Å². The number of methoxy groups -OCH3 is 1. The van der Waals surface area contributed by atoms with Crippen LogP contribution in [-0.4, -0.2) is 77.0 Å². The maximum absolute atomic E-state index is 15.6. The fourth-order valence-electron chi connectivity index (χ4n) is 7.36. The number of halogens is 2. The van der Waals surface area contributed by atoms with Crippen LogP contribution in [0.5, 0.6) is 0 Å². The van der Waals surface area contributed by atoms with Gasteiger partial charge in [-0.15, -0.1) is 0 Å². The van der Waals surface area contributed by atoms with Crippen molar-refractivity contribution in [1.29, 1.82) is 0 Å². The van der Waals surface area contributed by atoms with Crippen LogP contribution < -0.4 is 5.32 Å². The molecule has 10 nitrogen and oxygen atoms in total. The third-order valence-electron chi connectivity index (χ3n) is 9.83. The lowest BCUT2D eigenvalue weighted by Crippen LogP contribution is -2.58. The van der Waals surface area contributed by atoms with E-state index in [0.717, 1.165) is 30.7 Å². The number of benzene rings is 2. The molecule has 2 heterocycles. The predicted molar refractivity (Wildman–Crippen MR) is 188 cm³/mol. The zero-order valence-electron chi connectivity index (χ0n) is 28.2. The third kappa shape index (κ3) is 8.40. The normalized spacial score (nSPS) is 26.5. The number of azide groups is 1. The summed E-state index contributed by atoms with van der Waals surface area (Å²) < 4.78 is 29.3. The quantitative estimate of drug-likeness (QED) is 0.122. The summed E-state index contributed by atoms with van der Waals surface area (Å²) >= 11 is 7.99. The highest BCUT2D eigenvalue weighted by Gasteiger charge is 2.47. The van der Waals surface area contributed by atoms with Crippen LogP contribution >= 0.6 is 23.5 Å². The molecule has 48 heavy (non-hydrogen) atoms. The lowest BCUT2D eigenvalue weighted by Gasteiger charge is -2.44. The average Bonchev–Trinajstić information content (AvgIpc) is 3.26. The zero-order chi connectivity index (χ0) is 34.5. The summed E-state index contributed by atoms with van der Waals surface area (Å²) in [6.07, 6.45) is 5.02. The monoisotopic (exact) mass is 700 g/mol. The summed E-state index contributed by atoms with van der Waals surface area (Å²) in [6, 6.07) is 10.9. The smallest absolute Gasteiger partial charge is 0.410 e. The molecule has 1 saturated carbocycles. The van der Waals surface area contributed by atoms with E-state index in [1.54, 1.807) is 43.3 Å². The first-order valence-electron chi connectivity index (χ1n) is 16.7. The van der Waals surface area contributed by atoms with Crippen LogP contribution in [-0.2, 0) is 26.1 Å². The number of ether oxygens (including phenoxy) is 2. The fourth-order valence-corrected chi connectivity index (χ4v) is 8.68. The number of hydrogen-bond acceptors (Lipinski definition) is 7. The summed E-state index contributed by atoms with van der Waals surface area (Å²) in [7, 11) is 1.68. The van der Waals surface area contributed by atoms with E-state index < -0.39 is 28.8 Å². The van der Waals surface area contributed by atoms with Crippen LogP contribution in [0.4, 0.5) is 14.9 Å². The summed E-state index contributed by atoms with van der Waals surface area (Å²) in [5.74, 6) is 0.0322. The molecule has 0 radical (unpaired) electrons. The van der Waals surface area contributed by atoms with Gasteiger partial charge in [0.2, 0.25) is 5.91 Å². The number of fused-ring (bicyclic) bond motifs is 2. The van der Waals surface area contributed by atoms with Crippen molar-refractivity contribution in [2.45, 2.75) is 107 Å². The molecule has 0 spiro atoms. The molecule has 2 aromatic rings. The third-order valence-corrected chi connectivity index (χ3v) is 11.3. The average molecular weight is 701 g/mol. The van der Waals surface area contributed by atoms with Crippen LogP contribution in [0.2, 0.25) is 5.02 Å². The van der Waals surface area contributed by atoms with Crippen LogP contribution in [0.25, 0.3) is 10.4 Å². The van der Waals surface area contributed by atoms with Gasteiger partial charge in [0.05, 0.1) is 6.10 Å². The molecular formula is C35H46ClFN6O4S. The molecule has 1 N–H and O–H groups in total. The Morgan fingerprint density at radius 1 is 1.17 bits per heavy atom. The number of nitrogens with one attached hydrogen (secondary N) is 1. The van der Waals surface area contributed by atoms with Gasteiger partial charge in [0.1, 0.15) is 17.5 Å². The van der Waals surface area contributed by atoms with Gasteiger partial charge in [-0.1, -0.05) is 46.9 Å². The molecule has 2 bridgehead atoms. The molecule has 2 aliphatic heterocycles. The Balaban J connectivity index is 1.38. The molecule has 4 unspecified atom stereocenters. The first kappa shape index (κ1) is 36.3. The van der Waals surface area contributed by atoms with Gasteiger partial charge < -0.3 is 19.7 Å². The molecule has 13 heteroatoms. The summed E-state index contributed by atoms with van der Waals surface area (Å²) in [5, 5.41) is 7.59. The van der Waals surface area contributed by atoms with Gasteiger partial charge >= 0.3 is 6.09 Å². The maximum atomic E-state index is 15.6. The number of piperazine rings is 1. The summed E-state index contributed by atoms with van der Waals surface area (Å²) in [5.41, 5.74) is 9.83. The Morgan fingerprint density at radius 3 is 2.56 bits per heavy atom. The number of nitrogens with zero attached hydrogens (tertiary/aromatic N) is 5. The van der Waals surface area contributed by atoms with Crippen molar-refractivity contribution in [1.82, 2.24) is 9.21 Å². The minimum atomic E-state index is -1.09. The van der Waals surface area contributed by atoms with Crippen molar-refractivity contribution >= 4 is 41.2 Å². The minimum Gasteiger partial charge on any atom is -0.444 e. The van der Waals surface area contributed by atoms with E-state index >= 15 is 4.39 Å². The first-order chi connectivity index (χ1) is 22.9. The number of hydrogen-bond donors (Lipinski definition) is 1. The second-order valence-electron chi connectivity index (χ2n) is 14.0. The largest absolute Gasteiger partial charge is 0.444 e. The SMILES string of the molecule is COC1CCC(c2ccc(Cl)cc2)(C(N=[N+]=[N-])C(=O)Nc2cccc(F)c2CCC2CN(C(=O)OC(C)(C)C)C3CCCSN2C3)CC1. The Labute approximate surface area is 291 Å². The maximum Gasteiger partial charge on any atom is 0.410 e. The Morgan fingerprint density at radius 2 is 1.90 bits per heavy atom. The van der Waals surface area contributed by atoms with Gasteiger partial charge in [0, 0.05) is 64.6 Å². The highest BCUT2D eigenvalue weighted by molar-refractivity contribution is 7.97. The molecule has 3 fully saturated rings. The van der Waals surface area contributed by atoms with E-state index in [1.807, 2.05) is 37.8 Å². The molecule has 5 rings (SSSR count). The second kappa shape index (κ2) is 15.7. The Kier molecular flexibility index (Phi) is 11.8. The molecule has 1 aliphatic carbocycles. The van der Waals surface area contributed by atoms with Crippen molar-refractivity contribution in [3.05, 3.63) is 74.9 Å². The van der Waals surface area contributed by atoms with Gasteiger partial charge in [-0.25, -0.2) is 13.5 Å². The number of amides is 2. The van der Waals surface area contributed by atoms with Crippen LogP contribution in [0.3, 0.4) is 0 Å². The van der Waals surface area contributed by atoms with Gasteiger partial charge in [-0.2, -0.15) is 0 Å². The van der Waals surface area contributed by atoms with E-state index in [2.05, 4.69) is 19.6 Å². The first-order valence-corrected chi connectivity index (χ1v) is 18.1. The second-order valence-corrected chi connectivity index (χ2v) is 15.6.